The molecule has 0 bridgehead atoms. The molecular formula is C21H21FIrN5O-. The second-order valence-corrected chi connectivity index (χ2v) is 7.41. The fraction of sp³-hybridized carbons (Fsp3) is 0.333. The largest absolute Gasteiger partial charge is 0.434 e. The fourth-order valence-corrected chi connectivity index (χ4v) is 3.42. The molecule has 0 aliphatic rings. The number of hydrogen-bond donors (Lipinski definition) is 0. The molecule has 0 amide bonds. The number of hydrogen-bond acceptors (Lipinski definition) is 5. The van der Waals surface area contributed by atoms with Gasteiger partial charge in [-0.1, -0.05) is 51.5 Å². The maximum absolute atomic E-state index is 13.6. The van der Waals surface area contributed by atoms with Crippen LogP contribution in [-0.4, -0.2) is 24.7 Å². The zero-order chi connectivity index (χ0) is 20.0. The molecule has 0 aliphatic heterocycles. The van der Waals surface area contributed by atoms with Crippen LogP contribution >= 0.6 is 0 Å². The number of para-hydroxylation sites is 1. The van der Waals surface area contributed by atoms with E-state index in [9.17, 15) is 4.39 Å². The van der Waals surface area contributed by atoms with Crippen LogP contribution in [0.4, 0.5) is 4.39 Å². The SMILES string of the molecule is Cc1nc(-c2[c-]ncc3oc(F)nc23)n(-c2c(C(C)C)cccc2C(C)C)n1.[Ir]. The number of aryl methyl sites for hydroxylation is 1. The molecule has 4 rings (SSSR count). The summed E-state index contributed by atoms with van der Waals surface area (Å²) in [6.07, 6.45) is 3.38. The topological polar surface area (TPSA) is 69.6 Å². The molecule has 0 unspecified atom stereocenters. The van der Waals surface area contributed by atoms with Crippen molar-refractivity contribution in [2.24, 2.45) is 0 Å². The van der Waals surface area contributed by atoms with E-state index in [4.69, 9.17) is 4.42 Å². The van der Waals surface area contributed by atoms with Crippen molar-refractivity contribution in [1.29, 1.82) is 0 Å². The molecule has 0 fully saturated rings. The summed E-state index contributed by atoms with van der Waals surface area (Å²) in [5.74, 6) is 1.68. The number of rotatable bonds is 4. The Morgan fingerprint density at radius 2 is 1.72 bits per heavy atom. The normalized spacial score (nSPS) is 11.4. The Labute approximate surface area is 181 Å². The van der Waals surface area contributed by atoms with Crippen LogP contribution in [0.1, 0.15) is 56.5 Å². The molecule has 8 heteroatoms. The zero-order valence-electron chi connectivity index (χ0n) is 16.8. The van der Waals surface area contributed by atoms with E-state index < -0.39 is 6.14 Å². The van der Waals surface area contributed by atoms with E-state index in [0.29, 0.717) is 22.7 Å². The summed E-state index contributed by atoms with van der Waals surface area (Å²) >= 11 is 0. The molecule has 29 heavy (non-hydrogen) atoms. The summed E-state index contributed by atoms with van der Waals surface area (Å²) in [5.41, 5.74) is 4.33. The molecule has 3 heterocycles. The van der Waals surface area contributed by atoms with Crippen LogP contribution in [0, 0.1) is 19.3 Å². The number of benzene rings is 1. The number of nitrogens with zero attached hydrogens (tertiary/aromatic N) is 5. The number of fused-ring (bicyclic) bond motifs is 1. The summed E-state index contributed by atoms with van der Waals surface area (Å²) in [7, 11) is 0. The first-order valence-corrected chi connectivity index (χ1v) is 9.26. The Morgan fingerprint density at radius 3 is 2.34 bits per heavy atom. The van der Waals surface area contributed by atoms with Gasteiger partial charge in [-0.15, -0.1) is 4.39 Å². The minimum atomic E-state index is -0.911. The van der Waals surface area contributed by atoms with E-state index in [0.717, 1.165) is 16.8 Å². The van der Waals surface area contributed by atoms with Gasteiger partial charge in [-0.05, 0) is 42.3 Å². The fourth-order valence-electron chi connectivity index (χ4n) is 3.42. The average molecular weight is 571 g/mol. The van der Waals surface area contributed by atoms with Gasteiger partial charge in [0.05, 0.1) is 17.1 Å². The van der Waals surface area contributed by atoms with Crippen LogP contribution in [-0.2, 0) is 20.1 Å². The molecule has 4 aromatic rings. The van der Waals surface area contributed by atoms with Gasteiger partial charge in [0.15, 0.2) is 0 Å². The van der Waals surface area contributed by atoms with Gasteiger partial charge in [-0.25, -0.2) is 4.98 Å². The third kappa shape index (κ3) is 3.74. The molecule has 0 saturated heterocycles. The van der Waals surface area contributed by atoms with Crippen LogP contribution in [0.25, 0.3) is 28.2 Å². The van der Waals surface area contributed by atoms with E-state index in [-0.39, 0.29) is 37.5 Å². The van der Waals surface area contributed by atoms with E-state index in [1.54, 1.807) is 4.68 Å². The molecule has 0 N–H and O–H groups in total. The van der Waals surface area contributed by atoms with Gasteiger partial charge in [0.2, 0.25) is 0 Å². The number of oxazole rings is 1. The number of halogens is 1. The molecule has 0 atom stereocenters. The molecule has 1 aromatic carbocycles. The molecule has 3 aromatic heterocycles. The first kappa shape index (κ1) is 21.3. The Bertz CT molecular complexity index is 1140. The van der Waals surface area contributed by atoms with Crippen molar-refractivity contribution in [2.75, 3.05) is 0 Å². The van der Waals surface area contributed by atoms with Crippen molar-refractivity contribution in [2.45, 2.75) is 46.5 Å². The Morgan fingerprint density at radius 1 is 1.07 bits per heavy atom. The first-order chi connectivity index (χ1) is 13.4. The monoisotopic (exact) mass is 571 g/mol. The Balaban J connectivity index is 0.00000240. The van der Waals surface area contributed by atoms with E-state index in [2.05, 4.69) is 72.1 Å². The molecule has 1 radical (unpaired) electrons. The maximum atomic E-state index is 13.6. The van der Waals surface area contributed by atoms with Crippen molar-refractivity contribution in [1.82, 2.24) is 24.7 Å². The molecule has 6 nitrogen and oxygen atoms in total. The van der Waals surface area contributed by atoms with Gasteiger partial charge in [0.1, 0.15) is 5.82 Å². The predicted octanol–water partition coefficient (Wildman–Crippen LogP) is 4.96. The van der Waals surface area contributed by atoms with E-state index in [1.807, 2.05) is 6.92 Å². The van der Waals surface area contributed by atoms with Crippen molar-refractivity contribution in [3.63, 3.8) is 0 Å². The molecule has 0 aliphatic carbocycles. The third-order valence-electron chi connectivity index (χ3n) is 4.71. The summed E-state index contributed by atoms with van der Waals surface area (Å²) in [5, 5.41) is 4.66. The molecule has 0 saturated carbocycles. The van der Waals surface area contributed by atoms with Gasteiger partial charge in [0.25, 0.3) is 0 Å². The summed E-state index contributed by atoms with van der Waals surface area (Å²) in [6, 6.07) is 6.27. The summed E-state index contributed by atoms with van der Waals surface area (Å²) < 4.78 is 20.4. The molecule has 0 spiro atoms. The third-order valence-corrected chi connectivity index (χ3v) is 4.71. The van der Waals surface area contributed by atoms with Crippen molar-refractivity contribution in [3.8, 4) is 17.1 Å². The van der Waals surface area contributed by atoms with Crippen LogP contribution in [0.2, 0.25) is 0 Å². The second kappa shape index (κ2) is 8.12. The molecular weight excluding hydrogens is 549 g/mol. The minimum absolute atomic E-state index is 0. The van der Waals surface area contributed by atoms with Gasteiger partial charge in [-0.2, -0.15) is 5.10 Å². The standard InChI is InChI=1S/C21H21FN5O.Ir/c1-11(2)14-7-6-8-15(12(3)4)19(14)27-20(24-13(5)26-27)16-9-23-10-17-18(16)25-21(22)28-17;/h6-8,10-12H,1-5H3;/q-1;. The van der Waals surface area contributed by atoms with Gasteiger partial charge in [0, 0.05) is 25.6 Å². The van der Waals surface area contributed by atoms with Crippen LogP contribution in [0.3, 0.4) is 0 Å². The quantitative estimate of drug-likeness (QED) is 0.325. The van der Waals surface area contributed by atoms with Crippen LogP contribution in [0.15, 0.2) is 28.8 Å². The Hall–Kier alpha value is -2.44. The average Bonchev–Trinajstić information content (AvgIpc) is 3.22. The van der Waals surface area contributed by atoms with Crippen LogP contribution < -0.4 is 0 Å². The van der Waals surface area contributed by atoms with Crippen molar-refractivity contribution >= 4 is 11.1 Å². The summed E-state index contributed by atoms with van der Waals surface area (Å²) in [4.78, 5) is 12.5. The van der Waals surface area contributed by atoms with Crippen molar-refractivity contribution < 1.29 is 28.9 Å². The van der Waals surface area contributed by atoms with Crippen LogP contribution in [0.5, 0.6) is 0 Å². The van der Waals surface area contributed by atoms with Gasteiger partial charge >= 0.3 is 6.14 Å². The van der Waals surface area contributed by atoms with E-state index >= 15 is 0 Å². The van der Waals surface area contributed by atoms with Crippen molar-refractivity contribution in [3.05, 3.63) is 53.7 Å². The number of pyridine rings is 1. The minimum Gasteiger partial charge on any atom is -0.434 e. The zero-order valence-corrected chi connectivity index (χ0v) is 19.2. The Kier molecular flexibility index (Phi) is 5.96. The number of aromatic nitrogens is 5. The molecule has 153 valence electrons. The predicted molar refractivity (Wildman–Crippen MR) is 104 cm³/mol. The van der Waals surface area contributed by atoms with E-state index in [1.165, 1.54) is 6.20 Å². The maximum Gasteiger partial charge on any atom is 0.371 e. The van der Waals surface area contributed by atoms with Gasteiger partial charge < -0.3 is 9.40 Å². The smallest absolute Gasteiger partial charge is 0.371 e. The summed E-state index contributed by atoms with van der Waals surface area (Å²) in [6.45, 7) is 10.4. The first-order valence-electron chi connectivity index (χ1n) is 9.26. The second-order valence-electron chi connectivity index (χ2n) is 7.41. The van der Waals surface area contributed by atoms with Gasteiger partial charge in [-0.3, -0.25) is 9.67 Å².